The molecule has 0 amide bonds. The first-order valence-electron chi connectivity index (χ1n) is 5.06. The molecule has 0 saturated carbocycles. The van der Waals surface area contributed by atoms with E-state index >= 15 is 0 Å². The van der Waals surface area contributed by atoms with Crippen LogP contribution >= 0.6 is 0 Å². The second-order valence-electron chi connectivity index (χ2n) is 5.10. The van der Waals surface area contributed by atoms with E-state index in [1.165, 1.54) is 0 Å². The van der Waals surface area contributed by atoms with E-state index in [-0.39, 0.29) is 24.8 Å². The molecule has 0 N–H and O–H groups in total. The van der Waals surface area contributed by atoms with Crippen molar-refractivity contribution in [1.29, 1.82) is 0 Å². The Morgan fingerprint density at radius 3 is 1.12 bits per heavy atom. The summed E-state index contributed by atoms with van der Waals surface area (Å²) in [6.45, 7) is 10.8. The van der Waals surface area contributed by atoms with Crippen molar-refractivity contribution >= 4 is 0 Å². The molecule has 0 heterocycles. The average Bonchev–Trinajstić information content (AvgIpc) is 2.06. The van der Waals surface area contributed by atoms with Gasteiger partial charge in [-0.05, 0) is 41.5 Å². The van der Waals surface area contributed by atoms with Gasteiger partial charge in [-0.1, -0.05) is 0 Å². The van der Waals surface area contributed by atoms with Crippen LogP contribution < -0.4 is 0 Å². The summed E-state index contributed by atoms with van der Waals surface area (Å²) in [5.41, 5.74) is -0.760. The van der Waals surface area contributed by atoms with E-state index in [2.05, 4.69) is 9.78 Å². The van der Waals surface area contributed by atoms with E-state index in [0.29, 0.717) is 0 Å². The van der Waals surface area contributed by atoms with Crippen molar-refractivity contribution in [2.75, 3.05) is 13.6 Å². The molecule has 0 fully saturated rings. The third-order valence-electron chi connectivity index (χ3n) is 0.894. The molecule has 0 aromatic heterocycles. The Morgan fingerprint density at radius 2 is 0.875 bits per heavy atom. The van der Waals surface area contributed by atoms with Crippen LogP contribution in [0.1, 0.15) is 41.5 Å². The van der Waals surface area contributed by atoms with Crippen molar-refractivity contribution in [3.8, 4) is 0 Å². The molecule has 0 rings (SSSR count). The molecule has 0 aromatic carbocycles. The molecule has 0 bridgehead atoms. The normalized spacial score (nSPS) is 13.1. The molecule has 0 spiro atoms. The van der Waals surface area contributed by atoms with Crippen molar-refractivity contribution in [1.82, 2.24) is 0 Å². The Hall–Kier alpha value is -0.240. The first-order chi connectivity index (χ1) is 7.21. The third kappa shape index (κ3) is 13.8. The van der Waals surface area contributed by atoms with Crippen molar-refractivity contribution in [2.45, 2.75) is 52.7 Å². The maximum absolute atomic E-state index is 4.91. The van der Waals surface area contributed by atoms with Gasteiger partial charge in [0.15, 0.2) is 0 Å². The zero-order valence-electron chi connectivity index (χ0n) is 10.9. The van der Waals surface area contributed by atoms with Gasteiger partial charge in [0.25, 0.3) is 0 Å². The quantitative estimate of drug-likeness (QED) is 0.294. The summed E-state index contributed by atoms with van der Waals surface area (Å²) in [7, 11) is 0. The van der Waals surface area contributed by atoms with E-state index in [9.17, 15) is 0 Å². The molecular formula is C10H22O6. The Kier molecular flexibility index (Phi) is 7.05. The van der Waals surface area contributed by atoms with Gasteiger partial charge in [-0.25, -0.2) is 29.3 Å². The van der Waals surface area contributed by atoms with Gasteiger partial charge in [0.1, 0.15) is 0 Å². The van der Waals surface area contributed by atoms with Gasteiger partial charge < -0.3 is 0 Å². The van der Waals surface area contributed by atoms with E-state index in [1.54, 1.807) is 0 Å². The van der Waals surface area contributed by atoms with Crippen molar-refractivity contribution in [3.05, 3.63) is 0 Å². The van der Waals surface area contributed by atoms with Gasteiger partial charge >= 0.3 is 0 Å². The standard InChI is InChI=1S/C10H22O6/c1-9(2,3)15-13-7-11-12-8-14-16-10(4,5)6/h7-8H2,1-6H3. The monoisotopic (exact) mass is 238 g/mol. The van der Waals surface area contributed by atoms with E-state index in [4.69, 9.17) is 19.6 Å². The van der Waals surface area contributed by atoms with E-state index in [1.807, 2.05) is 41.5 Å². The highest BCUT2D eigenvalue weighted by molar-refractivity contribution is 4.54. The molecule has 0 aliphatic carbocycles. The summed E-state index contributed by atoms with van der Waals surface area (Å²) in [6.07, 6.45) is 0. The van der Waals surface area contributed by atoms with Gasteiger partial charge in [-0.3, -0.25) is 0 Å². The lowest BCUT2D eigenvalue weighted by atomic mass is 10.2. The second kappa shape index (κ2) is 7.16. The Morgan fingerprint density at radius 1 is 0.562 bits per heavy atom. The maximum atomic E-state index is 4.91. The Bertz CT molecular complexity index is 149. The highest BCUT2D eigenvalue weighted by Crippen LogP contribution is 2.07. The van der Waals surface area contributed by atoms with E-state index in [0.717, 1.165) is 0 Å². The fourth-order valence-corrected chi connectivity index (χ4v) is 0.509. The topological polar surface area (TPSA) is 55.4 Å². The molecule has 6 nitrogen and oxygen atoms in total. The van der Waals surface area contributed by atoms with Crippen molar-refractivity contribution in [2.24, 2.45) is 0 Å². The van der Waals surface area contributed by atoms with Crippen molar-refractivity contribution < 1.29 is 29.3 Å². The van der Waals surface area contributed by atoms with Crippen LogP contribution in [0.25, 0.3) is 0 Å². The summed E-state index contributed by atoms with van der Waals surface area (Å²) in [5, 5.41) is 0. The minimum atomic E-state index is -0.380. The molecule has 0 aliphatic heterocycles. The second-order valence-corrected chi connectivity index (χ2v) is 5.10. The van der Waals surface area contributed by atoms with Crippen LogP contribution in [0.3, 0.4) is 0 Å². The van der Waals surface area contributed by atoms with Crippen molar-refractivity contribution in [3.63, 3.8) is 0 Å². The van der Waals surface area contributed by atoms with Crippen LogP contribution in [-0.2, 0) is 29.3 Å². The fourth-order valence-electron chi connectivity index (χ4n) is 0.509. The molecule has 0 saturated heterocycles. The lowest BCUT2D eigenvalue weighted by Crippen LogP contribution is -2.21. The number of hydrogen-bond donors (Lipinski definition) is 0. The summed E-state index contributed by atoms with van der Waals surface area (Å²) in [4.78, 5) is 28.4. The van der Waals surface area contributed by atoms with Crippen LogP contribution in [0.4, 0.5) is 0 Å². The molecule has 98 valence electrons. The van der Waals surface area contributed by atoms with E-state index < -0.39 is 0 Å². The highest BCUT2D eigenvalue weighted by Gasteiger charge is 2.12. The molecule has 0 aromatic rings. The first kappa shape index (κ1) is 15.8. The van der Waals surface area contributed by atoms with Gasteiger partial charge in [0.2, 0.25) is 13.6 Å². The molecule has 0 aliphatic rings. The maximum Gasteiger partial charge on any atom is 0.214 e. The van der Waals surface area contributed by atoms with Gasteiger partial charge in [-0.2, -0.15) is 0 Å². The average molecular weight is 238 g/mol. The zero-order valence-corrected chi connectivity index (χ0v) is 10.9. The Balaban J connectivity index is 3.17. The van der Waals surface area contributed by atoms with Crippen LogP contribution in [0.2, 0.25) is 0 Å². The summed E-state index contributed by atoms with van der Waals surface area (Å²) < 4.78 is 0. The van der Waals surface area contributed by atoms with Crippen LogP contribution in [0.5, 0.6) is 0 Å². The summed E-state index contributed by atoms with van der Waals surface area (Å²) in [5.74, 6) is 0. The SMILES string of the molecule is CC(C)(C)OOCOOCOOC(C)(C)C. The zero-order chi connectivity index (χ0) is 12.7. The molecule has 0 radical (unpaired) electrons. The minimum absolute atomic E-state index is 0.143. The fraction of sp³-hybridized carbons (Fsp3) is 1.00. The lowest BCUT2D eigenvalue weighted by molar-refractivity contribution is -0.484. The largest absolute Gasteiger partial charge is 0.228 e. The van der Waals surface area contributed by atoms with Crippen LogP contribution in [0, 0.1) is 0 Å². The van der Waals surface area contributed by atoms with Gasteiger partial charge in [-0.15, -0.1) is 0 Å². The predicted octanol–water partition coefficient (Wildman–Crippen LogP) is 2.34. The molecule has 0 unspecified atom stereocenters. The number of rotatable bonds is 7. The van der Waals surface area contributed by atoms with Gasteiger partial charge in [0, 0.05) is 0 Å². The van der Waals surface area contributed by atoms with Crippen LogP contribution in [0.15, 0.2) is 0 Å². The molecule has 6 heteroatoms. The Labute approximate surface area is 96.5 Å². The number of hydrogen-bond acceptors (Lipinski definition) is 6. The molecule has 0 atom stereocenters. The van der Waals surface area contributed by atoms with Crippen LogP contribution in [-0.4, -0.2) is 24.8 Å². The molecule has 16 heavy (non-hydrogen) atoms. The first-order valence-corrected chi connectivity index (χ1v) is 5.06. The summed E-state index contributed by atoms with van der Waals surface area (Å²) >= 11 is 0. The molecular weight excluding hydrogens is 216 g/mol. The smallest absolute Gasteiger partial charge is 0.214 e. The van der Waals surface area contributed by atoms with Gasteiger partial charge in [0.05, 0.1) is 11.2 Å². The minimum Gasteiger partial charge on any atom is -0.228 e. The lowest BCUT2D eigenvalue weighted by Gasteiger charge is -2.18. The highest BCUT2D eigenvalue weighted by atomic mass is 17.3. The predicted molar refractivity (Wildman–Crippen MR) is 55.8 cm³/mol. The third-order valence-corrected chi connectivity index (χ3v) is 0.894. The summed E-state index contributed by atoms with van der Waals surface area (Å²) in [6, 6.07) is 0.